The van der Waals surface area contributed by atoms with Gasteiger partial charge in [-0.3, -0.25) is 14.3 Å². The maximum atomic E-state index is 12.5. The molecule has 0 atom stereocenters. The van der Waals surface area contributed by atoms with E-state index in [1.165, 1.54) is 6.07 Å². The Morgan fingerprint density at radius 2 is 2.00 bits per heavy atom. The quantitative estimate of drug-likeness (QED) is 0.762. The number of amides is 1. The van der Waals surface area contributed by atoms with Gasteiger partial charge >= 0.3 is 5.97 Å². The van der Waals surface area contributed by atoms with E-state index in [2.05, 4.69) is 10.4 Å². The first kappa shape index (κ1) is 16.0. The van der Waals surface area contributed by atoms with Gasteiger partial charge in [0.05, 0.1) is 22.6 Å². The van der Waals surface area contributed by atoms with Crippen LogP contribution in [0.3, 0.4) is 0 Å². The predicted molar refractivity (Wildman–Crippen MR) is 91.5 cm³/mol. The third kappa shape index (κ3) is 3.09. The minimum absolute atomic E-state index is 0.126. The van der Waals surface area contributed by atoms with Crippen molar-refractivity contribution in [1.82, 2.24) is 9.78 Å². The fraction of sp³-hybridized carbons (Fsp3) is 0.118. The first-order valence-electron chi connectivity index (χ1n) is 7.19. The van der Waals surface area contributed by atoms with Crippen LogP contribution >= 0.6 is 11.6 Å². The van der Waals surface area contributed by atoms with Crippen molar-refractivity contribution in [1.29, 1.82) is 0 Å². The monoisotopic (exact) mass is 343 g/mol. The number of aryl methyl sites for hydroxylation is 1. The molecule has 1 amide bonds. The number of carbonyl (C=O) groups excluding carboxylic acids is 1. The normalized spacial score (nSPS) is 10.8. The topological polar surface area (TPSA) is 84.2 Å². The van der Waals surface area contributed by atoms with Crippen LogP contribution in [0.2, 0.25) is 5.02 Å². The van der Waals surface area contributed by atoms with Gasteiger partial charge in [-0.15, -0.1) is 0 Å². The number of rotatable bonds is 4. The molecule has 0 spiro atoms. The Morgan fingerprint density at radius 1 is 1.25 bits per heavy atom. The van der Waals surface area contributed by atoms with E-state index >= 15 is 0 Å². The average Bonchev–Trinajstić information content (AvgIpc) is 2.87. The van der Waals surface area contributed by atoms with Gasteiger partial charge in [-0.2, -0.15) is 5.10 Å². The molecular weight excluding hydrogens is 330 g/mol. The van der Waals surface area contributed by atoms with Crippen LogP contribution in [0, 0.1) is 0 Å². The Morgan fingerprint density at radius 3 is 2.71 bits per heavy atom. The second-order valence-corrected chi connectivity index (χ2v) is 5.74. The second kappa shape index (κ2) is 6.33. The molecule has 0 fully saturated rings. The highest BCUT2D eigenvalue weighted by molar-refractivity contribution is 6.34. The summed E-state index contributed by atoms with van der Waals surface area (Å²) in [6, 6.07) is 12.2. The Hall–Kier alpha value is -2.86. The van der Waals surface area contributed by atoms with Crippen molar-refractivity contribution < 1.29 is 14.7 Å². The molecule has 3 rings (SSSR count). The van der Waals surface area contributed by atoms with Crippen molar-refractivity contribution in [3.05, 3.63) is 58.7 Å². The van der Waals surface area contributed by atoms with Crippen molar-refractivity contribution in [2.75, 3.05) is 5.32 Å². The molecule has 3 aromatic rings. The molecule has 1 heterocycles. The van der Waals surface area contributed by atoms with Crippen LogP contribution in [0.25, 0.3) is 10.9 Å². The number of hydrogen-bond donors (Lipinski definition) is 2. The minimum atomic E-state index is -0.942. The molecule has 1 aromatic heterocycles. The largest absolute Gasteiger partial charge is 0.481 e. The standard InChI is InChI=1S/C17H14ClN3O3/c1-21-14-5-3-2-4-11(14)16(20-21)17(24)19-13-7-6-10(8-12(13)18)9-15(22)23/h2-8H,9H2,1H3,(H,19,24)(H,22,23). The van der Waals surface area contributed by atoms with Crippen molar-refractivity contribution in [2.45, 2.75) is 6.42 Å². The Balaban J connectivity index is 1.88. The first-order chi connectivity index (χ1) is 11.5. The number of carboxylic acid groups (broad SMARTS) is 1. The zero-order chi connectivity index (χ0) is 17.3. The number of para-hydroxylation sites is 1. The maximum Gasteiger partial charge on any atom is 0.307 e. The summed E-state index contributed by atoms with van der Waals surface area (Å²) in [4.78, 5) is 23.2. The molecule has 2 aromatic carbocycles. The third-order valence-electron chi connectivity index (χ3n) is 3.61. The number of hydrogen-bond acceptors (Lipinski definition) is 3. The lowest BCUT2D eigenvalue weighted by Crippen LogP contribution is -2.14. The molecular formula is C17H14ClN3O3. The molecule has 24 heavy (non-hydrogen) atoms. The summed E-state index contributed by atoms with van der Waals surface area (Å²) in [6.45, 7) is 0. The number of halogens is 1. The van der Waals surface area contributed by atoms with Gasteiger partial charge < -0.3 is 10.4 Å². The first-order valence-corrected chi connectivity index (χ1v) is 7.57. The zero-order valence-corrected chi connectivity index (χ0v) is 13.5. The number of carbonyl (C=O) groups is 2. The van der Waals surface area contributed by atoms with E-state index in [-0.39, 0.29) is 17.4 Å². The summed E-state index contributed by atoms with van der Waals surface area (Å²) < 4.78 is 1.64. The summed E-state index contributed by atoms with van der Waals surface area (Å²) in [5.74, 6) is -1.32. The summed E-state index contributed by atoms with van der Waals surface area (Å²) in [6.07, 6.45) is -0.126. The summed E-state index contributed by atoms with van der Waals surface area (Å²) in [5.41, 5.74) is 2.13. The van der Waals surface area contributed by atoms with Gasteiger partial charge in [-0.25, -0.2) is 0 Å². The Kier molecular flexibility index (Phi) is 4.22. The van der Waals surface area contributed by atoms with Gasteiger partial charge in [0, 0.05) is 12.4 Å². The van der Waals surface area contributed by atoms with Gasteiger partial charge in [-0.1, -0.05) is 35.9 Å². The number of nitrogens with one attached hydrogen (secondary N) is 1. The van der Waals surface area contributed by atoms with Crippen molar-refractivity contribution in [3.63, 3.8) is 0 Å². The molecule has 7 heteroatoms. The number of anilines is 1. The summed E-state index contributed by atoms with van der Waals surface area (Å²) in [7, 11) is 1.77. The van der Waals surface area contributed by atoms with Gasteiger partial charge in [0.2, 0.25) is 0 Å². The number of carboxylic acids is 1. The fourth-order valence-electron chi connectivity index (χ4n) is 2.51. The molecule has 0 bridgehead atoms. The summed E-state index contributed by atoms with van der Waals surface area (Å²) in [5, 5.41) is 16.8. The van der Waals surface area contributed by atoms with Crippen LogP contribution < -0.4 is 5.32 Å². The SMILES string of the molecule is Cn1nc(C(=O)Nc2ccc(CC(=O)O)cc2Cl)c2ccccc21. The Bertz CT molecular complexity index is 949. The van der Waals surface area contributed by atoms with Crippen LogP contribution in [0.15, 0.2) is 42.5 Å². The van der Waals surface area contributed by atoms with E-state index in [1.54, 1.807) is 23.9 Å². The molecule has 0 saturated carbocycles. The Labute approximate surface area is 142 Å². The molecule has 6 nitrogen and oxygen atoms in total. The number of nitrogens with zero attached hydrogens (tertiary/aromatic N) is 2. The molecule has 122 valence electrons. The lowest BCUT2D eigenvalue weighted by Gasteiger charge is -2.07. The van der Waals surface area contributed by atoms with Gasteiger partial charge in [0.25, 0.3) is 5.91 Å². The van der Waals surface area contributed by atoms with E-state index in [0.29, 0.717) is 16.9 Å². The van der Waals surface area contributed by atoms with Crippen LogP contribution in [0.5, 0.6) is 0 Å². The van der Waals surface area contributed by atoms with Crippen LogP contribution in [-0.4, -0.2) is 26.8 Å². The zero-order valence-electron chi connectivity index (χ0n) is 12.8. The van der Waals surface area contributed by atoms with E-state index in [0.717, 1.165) is 10.9 Å². The predicted octanol–water partition coefficient (Wildman–Crippen LogP) is 3.11. The van der Waals surface area contributed by atoms with Gasteiger partial charge in [0.15, 0.2) is 5.69 Å². The number of aromatic nitrogens is 2. The van der Waals surface area contributed by atoms with Crippen LogP contribution in [-0.2, 0) is 18.3 Å². The molecule has 0 aliphatic heterocycles. The number of benzene rings is 2. The highest BCUT2D eigenvalue weighted by atomic mass is 35.5. The van der Waals surface area contributed by atoms with E-state index in [9.17, 15) is 9.59 Å². The highest BCUT2D eigenvalue weighted by Gasteiger charge is 2.17. The van der Waals surface area contributed by atoms with Gasteiger partial charge in [-0.05, 0) is 23.8 Å². The smallest absolute Gasteiger partial charge is 0.307 e. The lowest BCUT2D eigenvalue weighted by atomic mass is 10.1. The van der Waals surface area contributed by atoms with E-state index in [1.807, 2.05) is 24.3 Å². The molecule has 0 radical (unpaired) electrons. The van der Waals surface area contributed by atoms with Crippen LogP contribution in [0.4, 0.5) is 5.69 Å². The molecule has 0 saturated heterocycles. The third-order valence-corrected chi connectivity index (χ3v) is 3.92. The fourth-order valence-corrected chi connectivity index (χ4v) is 2.76. The summed E-state index contributed by atoms with van der Waals surface area (Å²) >= 11 is 6.13. The van der Waals surface area contributed by atoms with Crippen molar-refractivity contribution in [2.24, 2.45) is 7.05 Å². The highest BCUT2D eigenvalue weighted by Crippen LogP contribution is 2.25. The van der Waals surface area contributed by atoms with Crippen molar-refractivity contribution in [3.8, 4) is 0 Å². The van der Waals surface area contributed by atoms with E-state index < -0.39 is 5.97 Å². The molecule has 0 aliphatic rings. The minimum Gasteiger partial charge on any atom is -0.481 e. The van der Waals surface area contributed by atoms with Gasteiger partial charge in [0.1, 0.15) is 0 Å². The number of aliphatic carboxylic acids is 1. The molecule has 0 unspecified atom stereocenters. The second-order valence-electron chi connectivity index (χ2n) is 5.33. The average molecular weight is 344 g/mol. The molecule has 0 aliphatic carbocycles. The molecule has 2 N–H and O–H groups in total. The van der Waals surface area contributed by atoms with Crippen LogP contribution in [0.1, 0.15) is 16.1 Å². The number of fused-ring (bicyclic) bond motifs is 1. The van der Waals surface area contributed by atoms with Crippen molar-refractivity contribution >= 4 is 40.1 Å². The lowest BCUT2D eigenvalue weighted by molar-refractivity contribution is -0.136. The maximum absolute atomic E-state index is 12.5. The van der Waals surface area contributed by atoms with E-state index in [4.69, 9.17) is 16.7 Å².